The summed E-state index contributed by atoms with van der Waals surface area (Å²) in [6.45, 7) is 0.299. The normalized spacial score (nSPS) is 20.1. The van der Waals surface area contributed by atoms with Gasteiger partial charge in [0, 0.05) is 12.6 Å². The Morgan fingerprint density at radius 1 is 1.60 bits per heavy atom. The van der Waals surface area contributed by atoms with Crippen LogP contribution in [0, 0.1) is 5.92 Å². The second-order valence-electron chi connectivity index (χ2n) is 3.21. The molecular formula is C10H8ClNO3. The van der Waals surface area contributed by atoms with Crippen LogP contribution in [0.4, 0.5) is 0 Å². The van der Waals surface area contributed by atoms with Crippen molar-refractivity contribution in [1.29, 1.82) is 0 Å². The lowest BCUT2D eigenvalue weighted by Gasteiger charge is -2.05. The summed E-state index contributed by atoms with van der Waals surface area (Å²) in [5, 5.41) is 0.127. The van der Waals surface area contributed by atoms with Crippen LogP contribution in [0.5, 0.6) is 0 Å². The van der Waals surface area contributed by atoms with E-state index in [1.165, 1.54) is 6.20 Å². The van der Waals surface area contributed by atoms with Crippen molar-refractivity contribution in [2.75, 3.05) is 6.61 Å². The molecule has 1 unspecified atom stereocenters. The predicted molar refractivity (Wildman–Crippen MR) is 52.6 cm³/mol. The Kier molecular flexibility index (Phi) is 2.68. The summed E-state index contributed by atoms with van der Waals surface area (Å²) in [6, 6.07) is 3.17. The first-order chi connectivity index (χ1) is 7.20. The maximum absolute atomic E-state index is 11.9. The van der Waals surface area contributed by atoms with E-state index in [1.807, 2.05) is 0 Å². The molecule has 0 saturated carbocycles. The van der Waals surface area contributed by atoms with Crippen LogP contribution in [0.15, 0.2) is 18.3 Å². The van der Waals surface area contributed by atoms with Gasteiger partial charge in [-0.1, -0.05) is 11.6 Å². The minimum absolute atomic E-state index is 0.127. The van der Waals surface area contributed by atoms with Gasteiger partial charge in [0.15, 0.2) is 5.78 Å². The predicted octanol–water partition coefficient (Wildman–Crippen LogP) is 1.48. The van der Waals surface area contributed by atoms with Crippen LogP contribution in [-0.4, -0.2) is 23.3 Å². The van der Waals surface area contributed by atoms with Crippen LogP contribution in [0.3, 0.4) is 0 Å². The highest BCUT2D eigenvalue weighted by molar-refractivity contribution is 6.33. The first-order valence-corrected chi connectivity index (χ1v) is 4.89. The van der Waals surface area contributed by atoms with Gasteiger partial charge >= 0.3 is 5.97 Å². The number of esters is 1. The Morgan fingerprint density at radius 3 is 3.00 bits per heavy atom. The smallest absolute Gasteiger partial charge is 0.316 e. The number of Topliss-reactive ketones (excluding diaryl/α,β-unsaturated/α-hetero) is 1. The molecule has 1 saturated heterocycles. The molecule has 4 nitrogen and oxygen atoms in total. The lowest BCUT2D eigenvalue weighted by molar-refractivity contribution is -0.140. The maximum atomic E-state index is 11.9. The van der Waals surface area contributed by atoms with Gasteiger partial charge in [0.25, 0.3) is 0 Å². The molecule has 1 aromatic rings. The summed E-state index contributed by atoms with van der Waals surface area (Å²) >= 11 is 5.76. The van der Waals surface area contributed by atoms with E-state index in [9.17, 15) is 9.59 Å². The van der Waals surface area contributed by atoms with Crippen LogP contribution in [0.25, 0.3) is 0 Å². The van der Waals surface area contributed by atoms with Gasteiger partial charge in [0.2, 0.25) is 0 Å². The Labute approximate surface area is 91.2 Å². The SMILES string of the molecule is O=C1OCCC1C(=O)c1cccnc1Cl. The number of ether oxygens (including phenoxy) is 1. The van der Waals surface area contributed by atoms with E-state index < -0.39 is 11.9 Å². The number of carbonyl (C=O) groups is 2. The number of hydrogen-bond donors (Lipinski definition) is 0. The average molecular weight is 226 g/mol. The van der Waals surface area contributed by atoms with E-state index in [4.69, 9.17) is 16.3 Å². The van der Waals surface area contributed by atoms with Crippen LogP contribution in [0.1, 0.15) is 16.8 Å². The number of carbonyl (C=O) groups excluding carboxylic acids is 2. The largest absolute Gasteiger partial charge is 0.465 e. The average Bonchev–Trinajstić information content (AvgIpc) is 2.64. The molecule has 78 valence electrons. The van der Waals surface area contributed by atoms with Crippen molar-refractivity contribution in [3.63, 3.8) is 0 Å². The van der Waals surface area contributed by atoms with E-state index in [1.54, 1.807) is 12.1 Å². The fourth-order valence-electron chi connectivity index (χ4n) is 1.49. The van der Waals surface area contributed by atoms with Crippen LogP contribution >= 0.6 is 11.6 Å². The molecule has 0 bridgehead atoms. The quantitative estimate of drug-likeness (QED) is 0.331. The highest BCUT2D eigenvalue weighted by Crippen LogP contribution is 2.22. The fourth-order valence-corrected chi connectivity index (χ4v) is 1.70. The summed E-state index contributed by atoms with van der Waals surface area (Å²) in [5.41, 5.74) is 0.281. The number of ketones is 1. The van der Waals surface area contributed by atoms with Crippen molar-refractivity contribution >= 4 is 23.4 Å². The first kappa shape index (κ1) is 10.1. The fraction of sp³-hybridized carbons (Fsp3) is 0.300. The molecule has 2 rings (SSSR count). The first-order valence-electron chi connectivity index (χ1n) is 4.51. The van der Waals surface area contributed by atoms with Gasteiger partial charge in [-0.15, -0.1) is 0 Å². The molecule has 1 aromatic heterocycles. The molecule has 0 spiro atoms. The van der Waals surface area contributed by atoms with Gasteiger partial charge in [-0.2, -0.15) is 0 Å². The zero-order valence-corrected chi connectivity index (χ0v) is 8.53. The topological polar surface area (TPSA) is 56.3 Å². The Balaban J connectivity index is 2.28. The van der Waals surface area contributed by atoms with Gasteiger partial charge < -0.3 is 4.74 Å². The zero-order valence-electron chi connectivity index (χ0n) is 7.77. The van der Waals surface area contributed by atoms with E-state index in [0.717, 1.165) is 0 Å². The summed E-state index contributed by atoms with van der Waals surface area (Å²) in [6.07, 6.45) is 1.91. The highest BCUT2D eigenvalue weighted by atomic mass is 35.5. The molecule has 0 N–H and O–H groups in total. The number of halogens is 1. The zero-order chi connectivity index (χ0) is 10.8. The molecule has 1 fully saturated rings. The molecule has 1 atom stereocenters. The molecule has 0 amide bonds. The minimum atomic E-state index is -0.716. The molecule has 2 heterocycles. The van der Waals surface area contributed by atoms with Gasteiger partial charge in [-0.25, -0.2) is 4.98 Å². The molecular weight excluding hydrogens is 218 g/mol. The number of hydrogen-bond acceptors (Lipinski definition) is 4. The molecule has 1 aliphatic heterocycles. The van der Waals surface area contributed by atoms with Crippen molar-refractivity contribution in [2.24, 2.45) is 5.92 Å². The Morgan fingerprint density at radius 2 is 2.40 bits per heavy atom. The van der Waals surface area contributed by atoms with Crippen molar-refractivity contribution in [3.8, 4) is 0 Å². The highest BCUT2D eigenvalue weighted by Gasteiger charge is 2.34. The van der Waals surface area contributed by atoms with Gasteiger partial charge in [0.1, 0.15) is 11.1 Å². The molecule has 1 aliphatic rings. The number of pyridine rings is 1. The number of nitrogens with zero attached hydrogens (tertiary/aromatic N) is 1. The second-order valence-corrected chi connectivity index (χ2v) is 3.57. The third-order valence-electron chi connectivity index (χ3n) is 2.28. The van der Waals surface area contributed by atoms with Crippen LogP contribution in [0.2, 0.25) is 5.15 Å². The van der Waals surface area contributed by atoms with E-state index in [0.29, 0.717) is 13.0 Å². The third-order valence-corrected chi connectivity index (χ3v) is 2.58. The minimum Gasteiger partial charge on any atom is -0.465 e. The molecule has 15 heavy (non-hydrogen) atoms. The molecule has 5 heteroatoms. The Hall–Kier alpha value is -1.42. The number of aromatic nitrogens is 1. The molecule has 0 aliphatic carbocycles. The van der Waals surface area contributed by atoms with E-state index >= 15 is 0 Å². The van der Waals surface area contributed by atoms with Crippen molar-refractivity contribution in [1.82, 2.24) is 4.98 Å². The Bertz CT molecular complexity index is 419. The van der Waals surface area contributed by atoms with E-state index in [-0.39, 0.29) is 16.5 Å². The standard InChI is InChI=1S/C10H8ClNO3/c11-9-6(2-1-4-12-9)8(13)7-3-5-15-10(7)14/h1-2,4,7H,3,5H2. The van der Waals surface area contributed by atoms with Gasteiger partial charge in [-0.05, 0) is 12.1 Å². The van der Waals surface area contributed by atoms with Crippen molar-refractivity contribution < 1.29 is 14.3 Å². The lowest BCUT2D eigenvalue weighted by Crippen LogP contribution is -2.20. The van der Waals surface area contributed by atoms with Crippen LogP contribution in [-0.2, 0) is 9.53 Å². The number of cyclic esters (lactones) is 1. The molecule has 0 radical (unpaired) electrons. The summed E-state index contributed by atoms with van der Waals surface area (Å²) in [4.78, 5) is 26.8. The number of rotatable bonds is 2. The second kappa shape index (κ2) is 3.98. The monoisotopic (exact) mass is 225 g/mol. The van der Waals surface area contributed by atoms with E-state index in [2.05, 4.69) is 4.98 Å². The maximum Gasteiger partial charge on any atom is 0.316 e. The van der Waals surface area contributed by atoms with Gasteiger partial charge in [0.05, 0.1) is 12.2 Å². The third kappa shape index (κ3) is 1.85. The molecule has 0 aromatic carbocycles. The van der Waals surface area contributed by atoms with Gasteiger partial charge in [-0.3, -0.25) is 9.59 Å². The summed E-state index contributed by atoms with van der Waals surface area (Å²) < 4.78 is 4.72. The van der Waals surface area contributed by atoms with Crippen LogP contribution < -0.4 is 0 Å². The lowest BCUT2D eigenvalue weighted by atomic mass is 9.98. The summed E-state index contributed by atoms with van der Waals surface area (Å²) in [5.74, 6) is -1.50. The van der Waals surface area contributed by atoms with Crippen molar-refractivity contribution in [3.05, 3.63) is 29.0 Å². The van der Waals surface area contributed by atoms with Crippen molar-refractivity contribution in [2.45, 2.75) is 6.42 Å². The summed E-state index contributed by atoms with van der Waals surface area (Å²) in [7, 11) is 0.